The SMILES string of the molecule is COC(=O)C(Br)CNCCc1ncno1. The third kappa shape index (κ3) is 4.39. The summed E-state index contributed by atoms with van der Waals surface area (Å²) in [5, 5.41) is 6.54. The van der Waals surface area contributed by atoms with Gasteiger partial charge in [-0.15, -0.1) is 0 Å². The average molecular weight is 278 g/mol. The van der Waals surface area contributed by atoms with Crippen LogP contribution in [0.1, 0.15) is 5.89 Å². The van der Waals surface area contributed by atoms with Crippen molar-refractivity contribution in [1.29, 1.82) is 0 Å². The van der Waals surface area contributed by atoms with Crippen LogP contribution in [0, 0.1) is 0 Å². The highest BCUT2D eigenvalue weighted by Crippen LogP contribution is 1.99. The van der Waals surface area contributed by atoms with Gasteiger partial charge in [-0.25, -0.2) is 0 Å². The van der Waals surface area contributed by atoms with Gasteiger partial charge >= 0.3 is 5.97 Å². The van der Waals surface area contributed by atoms with Gasteiger partial charge < -0.3 is 14.6 Å². The predicted octanol–water partition coefficient (Wildman–Crippen LogP) is 0.138. The summed E-state index contributed by atoms with van der Waals surface area (Å²) >= 11 is 3.19. The Morgan fingerprint density at radius 3 is 3.20 bits per heavy atom. The fourth-order valence-corrected chi connectivity index (χ4v) is 1.36. The molecule has 0 saturated carbocycles. The summed E-state index contributed by atoms with van der Waals surface area (Å²) in [6.45, 7) is 1.17. The van der Waals surface area contributed by atoms with Gasteiger partial charge in [-0.3, -0.25) is 4.79 Å². The highest BCUT2D eigenvalue weighted by Gasteiger charge is 2.13. The molecular formula is C8H12BrN3O3. The second kappa shape index (κ2) is 6.52. The molecule has 0 radical (unpaired) electrons. The van der Waals surface area contributed by atoms with E-state index in [0.29, 0.717) is 25.4 Å². The zero-order valence-electron chi connectivity index (χ0n) is 8.27. The normalized spacial score (nSPS) is 12.4. The first kappa shape index (κ1) is 12.1. The molecule has 1 atom stereocenters. The Hall–Kier alpha value is -0.950. The second-order valence-electron chi connectivity index (χ2n) is 2.78. The maximum Gasteiger partial charge on any atom is 0.320 e. The number of nitrogens with one attached hydrogen (secondary N) is 1. The molecule has 0 aliphatic heterocycles. The molecule has 1 heterocycles. The Morgan fingerprint density at radius 1 is 1.80 bits per heavy atom. The molecule has 6 nitrogen and oxygen atoms in total. The summed E-state index contributed by atoms with van der Waals surface area (Å²) in [6.07, 6.45) is 2.00. The Balaban J connectivity index is 2.09. The highest BCUT2D eigenvalue weighted by molar-refractivity contribution is 9.10. The summed E-state index contributed by atoms with van der Waals surface area (Å²) in [7, 11) is 1.36. The van der Waals surface area contributed by atoms with Crippen LogP contribution in [0.3, 0.4) is 0 Å². The van der Waals surface area contributed by atoms with Gasteiger partial charge in [0.15, 0.2) is 6.33 Å². The Labute approximate surface area is 95.5 Å². The fraction of sp³-hybridized carbons (Fsp3) is 0.625. The van der Waals surface area contributed by atoms with Gasteiger partial charge in [-0.1, -0.05) is 21.1 Å². The third-order valence-electron chi connectivity index (χ3n) is 1.70. The van der Waals surface area contributed by atoms with Crippen LogP contribution in [0.25, 0.3) is 0 Å². The summed E-state index contributed by atoms with van der Waals surface area (Å²) in [6, 6.07) is 0. The van der Waals surface area contributed by atoms with Gasteiger partial charge in [0.1, 0.15) is 4.83 Å². The van der Waals surface area contributed by atoms with E-state index in [4.69, 9.17) is 4.52 Å². The van der Waals surface area contributed by atoms with E-state index in [2.05, 4.69) is 36.1 Å². The van der Waals surface area contributed by atoms with Crippen molar-refractivity contribution in [3.63, 3.8) is 0 Å². The lowest BCUT2D eigenvalue weighted by Crippen LogP contribution is -2.30. The molecule has 1 N–H and O–H groups in total. The largest absolute Gasteiger partial charge is 0.468 e. The van der Waals surface area contributed by atoms with E-state index in [-0.39, 0.29) is 10.8 Å². The number of hydrogen-bond donors (Lipinski definition) is 1. The van der Waals surface area contributed by atoms with Crippen LogP contribution < -0.4 is 5.32 Å². The molecule has 1 unspecified atom stereocenters. The molecule has 1 aromatic heterocycles. The zero-order chi connectivity index (χ0) is 11.1. The van der Waals surface area contributed by atoms with E-state index >= 15 is 0 Å². The first-order valence-corrected chi connectivity index (χ1v) is 5.33. The molecular weight excluding hydrogens is 266 g/mol. The summed E-state index contributed by atoms with van der Waals surface area (Å²) in [5.41, 5.74) is 0. The monoisotopic (exact) mass is 277 g/mol. The fourth-order valence-electron chi connectivity index (χ4n) is 0.941. The third-order valence-corrected chi connectivity index (χ3v) is 2.40. The molecule has 7 heteroatoms. The van der Waals surface area contributed by atoms with Crippen molar-refractivity contribution < 1.29 is 14.1 Å². The number of rotatable bonds is 6. The number of methoxy groups -OCH3 is 1. The molecule has 0 saturated heterocycles. The second-order valence-corrected chi connectivity index (χ2v) is 3.89. The minimum atomic E-state index is -0.329. The maximum absolute atomic E-state index is 11.0. The standard InChI is InChI=1S/C8H12BrN3O3/c1-14-8(13)6(9)4-10-3-2-7-11-5-12-15-7/h5-6,10H,2-4H2,1H3. The van der Waals surface area contributed by atoms with Crippen molar-refractivity contribution in [3.05, 3.63) is 12.2 Å². The molecule has 0 spiro atoms. The van der Waals surface area contributed by atoms with Crippen molar-refractivity contribution in [2.24, 2.45) is 0 Å². The van der Waals surface area contributed by atoms with Crippen LogP contribution in [0.4, 0.5) is 0 Å². The molecule has 0 amide bonds. The molecule has 84 valence electrons. The molecule has 0 fully saturated rings. The van der Waals surface area contributed by atoms with Gasteiger partial charge in [-0.2, -0.15) is 4.98 Å². The van der Waals surface area contributed by atoms with E-state index in [1.54, 1.807) is 0 Å². The van der Waals surface area contributed by atoms with Gasteiger partial charge in [0, 0.05) is 19.5 Å². The number of nitrogens with zero attached hydrogens (tertiary/aromatic N) is 2. The van der Waals surface area contributed by atoms with Crippen molar-refractivity contribution in [1.82, 2.24) is 15.5 Å². The lowest BCUT2D eigenvalue weighted by molar-refractivity contribution is -0.139. The Morgan fingerprint density at radius 2 is 2.60 bits per heavy atom. The van der Waals surface area contributed by atoms with E-state index < -0.39 is 0 Å². The first-order valence-electron chi connectivity index (χ1n) is 4.42. The van der Waals surface area contributed by atoms with E-state index in [9.17, 15) is 4.79 Å². The van der Waals surface area contributed by atoms with Crippen LogP contribution in [0.15, 0.2) is 10.9 Å². The van der Waals surface area contributed by atoms with Crippen LogP contribution in [-0.2, 0) is 16.0 Å². The number of aromatic nitrogens is 2. The molecule has 0 bridgehead atoms. The minimum Gasteiger partial charge on any atom is -0.468 e. The minimum absolute atomic E-state index is 0.291. The van der Waals surface area contributed by atoms with E-state index in [0.717, 1.165) is 0 Å². The molecule has 1 aromatic rings. The number of alkyl halides is 1. The molecule has 0 aliphatic carbocycles. The smallest absolute Gasteiger partial charge is 0.320 e. The van der Waals surface area contributed by atoms with Crippen molar-refractivity contribution in [2.75, 3.05) is 20.2 Å². The first-order chi connectivity index (χ1) is 7.24. The number of carbonyl (C=O) groups excluding carboxylic acids is 1. The maximum atomic E-state index is 11.0. The Kier molecular flexibility index (Phi) is 5.27. The summed E-state index contributed by atoms with van der Waals surface area (Å²) in [4.78, 5) is 14.5. The summed E-state index contributed by atoms with van der Waals surface area (Å²) in [5.74, 6) is 0.284. The number of hydrogen-bond acceptors (Lipinski definition) is 6. The number of carbonyl (C=O) groups is 1. The molecule has 0 aromatic carbocycles. The summed E-state index contributed by atoms with van der Waals surface area (Å²) < 4.78 is 9.35. The van der Waals surface area contributed by atoms with Gasteiger partial charge in [-0.05, 0) is 0 Å². The van der Waals surface area contributed by atoms with Crippen molar-refractivity contribution >= 4 is 21.9 Å². The lowest BCUT2D eigenvalue weighted by atomic mass is 10.4. The topological polar surface area (TPSA) is 77.2 Å². The van der Waals surface area contributed by atoms with Crippen LogP contribution in [-0.4, -0.2) is 41.1 Å². The van der Waals surface area contributed by atoms with Crippen LogP contribution >= 0.6 is 15.9 Å². The molecule has 15 heavy (non-hydrogen) atoms. The lowest BCUT2D eigenvalue weighted by Gasteiger charge is -2.07. The average Bonchev–Trinajstić information content (AvgIpc) is 2.75. The van der Waals surface area contributed by atoms with E-state index in [1.165, 1.54) is 13.4 Å². The quantitative estimate of drug-likeness (QED) is 0.453. The number of halogens is 1. The number of esters is 1. The van der Waals surface area contributed by atoms with Crippen LogP contribution in [0.5, 0.6) is 0 Å². The number of ether oxygens (including phenoxy) is 1. The highest BCUT2D eigenvalue weighted by atomic mass is 79.9. The van der Waals surface area contributed by atoms with Crippen molar-refractivity contribution in [3.8, 4) is 0 Å². The van der Waals surface area contributed by atoms with Crippen molar-refractivity contribution in [2.45, 2.75) is 11.2 Å². The molecule has 1 rings (SSSR count). The Bertz CT molecular complexity index is 291. The zero-order valence-corrected chi connectivity index (χ0v) is 9.86. The van der Waals surface area contributed by atoms with Gasteiger partial charge in [0.2, 0.25) is 5.89 Å². The van der Waals surface area contributed by atoms with E-state index in [1.807, 2.05) is 0 Å². The predicted molar refractivity (Wildman–Crippen MR) is 55.6 cm³/mol. The van der Waals surface area contributed by atoms with Crippen LogP contribution in [0.2, 0.25) is 0 Å². The van der Waals surface area contributed by atoms with Gasteiger partial charge in [0.05, 0.1) is 7.11 Å². The van der Waals surface area contributed by atoms with Gasteiger partial charge in [0.25, 0.3) is 0 Å². The molecule has 0 aliphatic rings.